The molecule has 16 heavy (non-hydrogen) atoms. The molecule has 0 aliphatic rings. The Bertz CT molecular complexity index is 149. The predicted molar refractivity (Wildman–Crippen MR) is 77.2 cm³/mol. The van der Waals surface area contributed by atoms with E-state index in [-0.39, 0.29) is 0 Å². The summed E-state index contributed by atoms with van der Waals surface area (Å²) in [6.07, 6.45) is 3.56. The molecule has 2 N–H and O–H groups in total. The van der Waals surface area contributed by atoms with Crippen molar-refractivity contribution in [1.29, 1.82) is 0 Å². The third-order valence-corrected chi connectivity index (χ3v) is 4.67. The summed E-state index contributed by atoms with van der Waals surface area (Å²) in [4.78, 5) is 2.48. The Hall–Kier alpha value is 0.270. The number of nitrogens with two attached hydrogens (primary N) is 1. The van der Waals surface area contributed by atoms with Crippen molar-refractivity contribution in [2.75, 3.05) is 25.4 Å². The Balaban J connectivity index is 3.77. The number of rotatable bonds is 10. The smallest absolute Gasteiger partial charge is 0.0196 e. The molecule has 0 aliphatic heterocycles. The van der Waals surface area contributed by atoms with Crippen molar-refractivity contribution < 1.29 is 0 Å². The van der Waals surface area contributed by atoms with Crippen LogP contribution in [0.25, 0.3) is 0 Å². The second-order valence-electron chi connectivity index (χ2n) is 4.30. The average Bonchev–Trinajstić information content (AvgIpc) is 2.30. The van der Waals surface area contributed by atoms with E-state index >= 15 is 0 Å². The van der Waals surface area contributed by atoms with E-state index in [1.165, 1.54) is 25.1 Å². The van der Waals surface area contributed by atoms with Crippen molar-refractivity contribution in [3.05, 3.63) is 0 Å². The van der Waals surface area contributed by atoms with Gasteiger partial charge in [0.15, 0.2) is 0 Å². The summed E-state index contributed by atoms with van der Waals surface area (Å²) >= 11 is 2.06. The minimum atomic E-state index is 0.386. The number of hydrogen-bond acceptors (Lipinski definition) is 3. The first-order chi connectivity index (χ1) is 7.69. The highest BCUT2D eigenvalue weighted by atomic mass is 32.2. The monoisotopic (exact) mass is 246 g/mol. The molecule has 0 aromatic rings. The summed E-state index contributed by atoms with van der Waals surface area (Å²) in [6.45, 7) is 12.5. The van der Waals surface area contributed by atoms with Crippen molar-refractivity contribution >= 4 is 11.8 Å². The van der Waals surface area contributed by atoms with Gasteiger partial charge >= 0.3 is 0 Å². The van der Waals surface area contributed by atoms with E-state index in [1.54, 1.807) is 0 Å². The third-order valence-electron chi connectivity index (χ3n) is 3.14. The standard InChI is InChI=1S/C13H30N2S/c1-5-9-12(14)13(6-2)16-11-10-15(7-3)8-4/h12-13H,5-11,14H2,1-4H3. The summed E-state index contributed by atoms with van der Waals surface area (Å²) in [6, 6.07) is 0.386. The number of nitrogens with zero attached hydrogens (tertiary/aromatic N) is 1. The van der Waals surface area contributed by atoms with Crippen LogP contribution in [0.2, 0.25) is 0 Å². The maximum atomic E-state index is 6.19. The van der Waals surface area contributed by atoms with Gasteiger partial charge in [-0.2, -0.15) is 11.8 Å². The van der Waals surface area contributed by atoms with Gasteiger partial charge in [-0.1, -0.05) is 34.1 Å². The largest absolute Gasteiger partial charge is 0.327 e. The van der Waals surface area contributed by atoms with Gasteiger partial charge in [0.25, 0.3) is 0 Å². The van der Waals surface area contributed by atoms with Gasteiger partial charge in [0, 0.05) is 23.6 Å². The maximum Gasteiger partial charge on any atom is 0.0196 e. The van der Waals surface area contributed by atoms with Gasteiger partial charge in [-0.3, -0.25) is 0 Å². The molecule has 0 heterocycles. The molecule has 0 spiro atoms. The van der Waals surface area contributed by atoms with E-state index in [4.69, 9.17) is 5.73 Å². The summed E-state index contributed by atoms with van der Waals surface area (Å²) in [7, 11) is 0. The zero-order valence-electron chi connectivity index (χ0n) is 11.5. The molecule has 98 valence electrons. The normalized spacial score (nSPS) is 15.4. The van der Waals surface area contributed by atoms with E-state index in [0.29, 0.717) is 11.3 Å². The van der Waals surface area contributed by atoms with Gasteiger partial charge in [-0.05, 0) is 25.9 Å². The summed E-state index contributed by atoms with van der Waals surface area (Å²) in [5.74, 6) is 1.22. The van der Waals surface area contributed by atoms with Crippen molar-refractivity contribution in [1.82, 2.24) is 4.90 Å². The van der Waals surface area contributed by atoms with Gasteiger partial charge in [-0.25, -0.2) is 0 Å². The molecular formula is C13H30N2S. The lowest BCUT2D eigenvalue weighted by Crippen LogP contribution is -2.33. The second kappa shape index (κ2) is 10.4. The fourth-order valence-corrected chi connectivity index (χ4v) is 3.22. The van der Waals surface area contributed by atoms with Crippen LogP contribution in [0.15, 0.2) is 0 Å². The Morgan fingerprint density at radius 3 is 2.19 bits per heavy atom. The highest BCUT2D eigenvalue weighted by molar-refractivity contribution is 7.99. The molecular weight excluding hydrogens is 216 g/mol. The van der Waals surface area contributed by atoms with Crippen molar-refractivity contribution in [2.45, 2.75) is 58.2 Å². The molecule has 0 aromatic heterocycles. The maximum absolute atomic E-state index is 6.19. The van der Waals surface area contributed by atoms with Crippen LogP contribution in [0.1, 0.15) is 47.0 Å². The Kier molecular flexibility index (Phi) is 10.6. The molecule has 0 aliphatic carbocycles. The van der Waals surface area contributed by atoms with Crippen LogP contribution < -0.4 is 5.73 Å². The molecule has 2 atom stereocenters. The first-order valence-corrected chi connectivity index (χ1v) is 7.83. The van der Waals surface area contributed by atoms with Crippen molar-refractivity contribution in [3.8, 4) is 0 Å². The fraction of sp³-hybridized carbons (Fsp3) is 1.00. The Morgan fingerprint density at radius 2 is 1.75 bits per heavy atom. The highest BCUT2D eigenvalue weighted by Gasteiger charge is 2.15. The molecule has 0 rings (SSSR count). The fourth-order valence-electron chi connectivity index (χ4n) is 1.94. The van der Waals surface area contributed by atoms with Gasteiger partial charge in [-0.15, -0.1) is 0 Å². The van der Waals surface area contributed by atoms with Crippen LogP contribution in [-0.4, -0.2) is 41.6 Å². The molecule has 0 fully saturated rings. The molecule has 3 heteroatoms. The quantitative estimate of drug-likeness (QED) is 0.642. The molecule has 0 radical (unpaired) electrons. The molecule has 0 aromatic carbocycles. The van der Waals surface area contributed by atoms with Crippen LogP contribution in [0.4, 0.5) is 0 Å². The zero-order valence-corrected chi connectivity index (χ0v) is 12.4. The lowest BCUT2D eigenvalue weighted by molar-refractivity contribution is 0.323. The lowest BCUT2D eigenvalue weighted by Gasteiger charge is -2.24. The van der Waals surface area contributed by atoms with Crippen molar-refractivity contribution in [3.63, 3.8) is 0 Å². The third kappa shape index (κ3) is 6.77. The topological polar surface area (TPSA) is 29.3 Å². The molecule has 0 bridgehead atoms. The van der Waals surface area contributed by atoms with Gasteiger partial charge in [0.1, 0.15) is 0 Å². The van der Waals surface area contributed by atoms with Gasteiger partial charge < -0.3 is 10.6 Å². The Morgan fingerprint density at radius 1 is 1.12 bits per heavy atom. The van der Waals surface area contributed by atoms with E-state index in [1.807, 2.05) is 0 Å². The average molecular weight is 246 g/mol. The van der Waals surface area contributed by atoms with Crippen molar-refractivity contribution in [2.24, 2.45) is 5.73 Å². The van der Waals surface area contributed by atoms with Crippen LogP contribution >= 0.6 is 11.8 Å². The first-order valence-electron chi connectivity index (χ1n) is 6.78. The second-order valence-corrected chi connectivity index (χ2v) is 5.64. The summed E-state index contributed by atoms with van der Waals surface area (Å²) < 4.78 is 0. The molecule has 0 saturated heterocycles. The Labute approximate surface area is 106 Å². The van der Waals surface area contributed by atoms with E-state index in [0.717, 1.165) is 19.5 Å². The van der Waals surface area contributed by atoms with E-state index in [9.17, 15) is 0 Å². The minimum Gasteiger partial charge on any atom is -0.327 e. The van der Waals surface area contributed by atoms with Crippen LogP contribution in [-0.2, 0) is 0 Å². The van der Waals surface area contributed by atoms with Crippen LogP contribution in [0.5, 0.6) is 0 Å². The molecule has 2 nitrogen and oxygen atoms in total. The highest BCUT2D eigenvalue weighted by Crippen LogP contribution is 2.19. The van der Waals surface area contributed by atoms with Crippen LogP contribution in [0.3, 0.4) is 0 Å². The minimum absolute atomic E-state index is 0.386. The lowest BCUT2D eigenvalue weighted by atomic mass is 10.1. The summed E-state index contributed by atoms with van der Waals surface area (Å²) in [5, 5.41) is 0.649. The van der Waals surface area contributed by atoms with E-state index in [2.05, 4.69) is 44.4 Å². The predicted octanol–water partition coefficient (Wildman–Crippen LogP) is 2.97. The molecule has 0 saturated carbocycles. The molecule has 2 unspecified atom stereocenters. The van der Waals surface area contributed by atoms with E-state index < -0.39 is 0 Å². The zero-order chi connectivity index (χ0) is 12.4. The summed E-state index contributed by atoms with van der Waals surface area (Å²) in [5.41, 5.74) is 6.19. The SMILES string of the molecule is CCCC(N)C(CC)SCCN(CC)CC. The van der Waals surface area contributed by atoms with Crippen LogP contribution in [0, 0.1) is 0 Å². The molecule has 0 amide bonds. The number of hydrogen-bond donors (Lipinski definition) is 1. The van der Waals surface area contributed by atoms with Gasteiger partial charge in [0.05, 0.1) is 0 Å². The van der Waals surface area contributed by atoms with Gasteiger partial charge in [0.2, 0.25) is 0 Å². The first kappa shape index (κ1) is 16.3. The number of thioether (sulfide) groups is 1.